The third-order valence-corrected chi connectivity index (χ3v) is 6.53. The number of nitrogens with zero attached hydrogens (tertiary/aromatic N) is 3. The largest absolute Gasteiger partial charge is 0.465 e. The van der Waals surface area contributed by atoms with Crippen LogP contribution in [0.1, 0.15) is 40.0 Å². The van der Waals surface area contributed by atoms with Crippen molar-refractivity contribution in [3.05, 3.63) is 0 Å². The number of carboxylic acid groups (broad SMARTS) is 1. The van der Waals surface area contributed by atoms with E-state index in [1.807, 2.05) is 20.8 Å². The molecule has 30 heavy (non-hydrogen) atoms. The lowest BCUT2D eigenvalue weighted by Crippen LogP contribution is -2.70. The molecule has 13 nitrogen and oxygen atoms in total. The topological polar surface area (TPSA) is 166 Å². The molecule has 0 unspecified atom stereocenters. The van der Waals surface area contributed by atoms with Crippen LogP contribution < -0.4 is 5.48 Å². The Morgan fingerprint density at radius 1 is 1.30 bits per heavy atom. The Labute approximate surface area is 173 Å². The fraction of sp³-hybridized carbons (Fsp3) is 0.812. The van der Waals surface area contributed by atoms with Crippen LogP contribution in [0, 0.1) is 5.41 Å². The molecular formula is C16H26N4O9S. The van der Waals surface area contributed by atoms with E-state index in [1.165, 1.54) is 4.90 Å². The summed E-state index contributed by atoms with van der Waals surface area (Å²) in [5, 5.41) is 9.96. The molecule has 0 aliphatic carbocycles. The van der Waals surface area contributed by atoms with Gasteiger partial charge >= 0.3 is 22.5 Å². The zero-order valence-corrected chi connectivity index (χ0v) is 17.7. The van der Waals surface area contributed by atoms with Crippen molar-refractivity contribution in [1.82, 2.24) is 20.3 Å². The van der Waals surface area contributed by atoms with Gasteiger partial charge in [0, 0.05) is 13.1 Å². The van der Waals surface area contributed by atoms with Gasteiger partial charge in [-0.15, -0.1) is 4.28 Å². The molecule has 0 radical (unpaired) electrons. The highest BCUT2D eigenvalue weighted by Gasteiger charge is 2.56. The minimum absolute atomic E-state index is 0.0597. The lowest BCUT2D eigenvalue weighted by atomic mass is 9.66. The monoisotopic (exact) mass is 450 g/mol. The fourth-order valence-electron chi connectivity index (χ4n) is 4.32. The van der Waals surface area contributed by atoms with Crippen molar-refractivity contribution in [3.8, 4) is 0 Å². The molecule has 3 atom stereocenters. The Balaban J connectivity index is 1.61. The summed E-state index contributed by atoms with van der Waals surface area (Å²) in [6, 6.07) is -2.36. The number of urea groups is 1. The van der Waals surface area contributed by atoms with Crippen molar-refractivity contribution in [1.29, 1.82) is 0 Å². The molecule has 14 heteroatoms. The van der Waals surface area contributed by atoms with E-state index in [2.05, 4.69) is 9.76 Å². The molecular weight excluding hydrogens is 424 g/mol. The predicted molar refractivity (Wildman–Crippen MR) is 99.0 cm³/mol. The second-order valence-electron chi connectivity index (χ2n) is 8.73. The third-order valence-electron chi connectivity index (χ3n) is 6.18. The molecule has 3 N–H and O–H groups in total. The van der Waals surface area contributed by atoms with E-state index in [0.717, 1.165) is 4.90 Å². The fourth-order valence-corrected chi connectivity index (χ4v) is 4.71. The maximum absolute atomic E-state index is 12.6. The molecule has 3 heterocycles. The number of hydrogen-bond acceptors (Lipinski definition) is 7. The maximum atomic E-state index is 12.6. The van der Waals surface area contributed by atoms with Crippen LogP contribution in [0.2, 0.25) is 0 Å². The first-order valence-corrected chi connectivity index (χ1v) is 10.8. The highest BCUT2D eigenvalue weighted by atomic mass is 32.3. The summed E-state index contributed by atoms with van der Waals surface area (Å²) in [5.74, 6) is -0.610. The zero-order valence-electron chi connectivity index (χ0n) is 16.9. The summed E-state index contributed by atoms with van der Waals surface area (Å²) in [5.41, 5.74) is 1.06. The molecule has 3 rings (SSSR count). The molecule has 3 saturated heterocycles. The Hall–Kier alpha value is -2.16. The van der Waals surface area contributed by atoms with Crippen LogP contribution in [-0.2, 0) is 24.3 Å². The average Bonchev–Trinajstić information content (AvgIpc) is 2.79. The molecule has 170 valence electrons. The number of fused-ring (bicyclic) bond motifs is 2. The second kappa shape index (κ2) is 7.51. The molecule has 0 aromatic heterocycles. The van der Waals surface area contributed by atoms with Gasteiger partial charge < -0.3 is 10.0 Å². The van der Waals surface area contributed by atoms with E-state index in [9.17, 15) is 27.9 Å². The summed E-state index contributed by atoms with van der Waals surface area (Å²) in [4.78, 5) is 44.3. The van der Waals surface area contributed by atoms with E-state index in [-0.39, 0.29) is 26.0 Å². The number of piperidine rings is 1. The standard InChI is InChI=1S/C16H26N4O9S/c1-15(2,3)16(6-7-19(16)14(23)24)9-28-17-12(21)11-5-4-10-8-18(11)13(22)20(10)29-30(25,26)27/h10-11H,4-9H2,1-3H3,(H,17,21)(H,23,24)(H,25,26,27)/t10-,11+,16-/m1/s1. The number of carbonyl (C=O) groups excluding carboxylic acids is 2. The lowest BCUT2D eigenvalue weighted by molar-refractivity contribution is -0.158. The Bertz CT molecular complexity index is 842. The minimum Gasteiger partial charge on any atom is -0.465 e. The molecule has 3 aliphatic rings. The number of hydrogen-bond donors (Lipinski definition) is 3. The van der Waals surface area contributed by atoms with Gasteiger partial charge in [-0.25, -0.2) is 15.1 Å². The molecule has 4 amide bonds. The van der Waals surface area contributed by atoms with Crippen LogP contribution in [0.25, 0.3) is 0 Å². The molecule has 0 aromatic rings. The summed E-state index contributed by atoms with van der Waals surface area (Å²) >= 11 is 0. The summed E-state index contributed by atoms with van der Waals surface area (Å²) < 4.78 is 35.0. The number of amides is 4. The number of rotatable bonds is 6. The van der Waals surface area contributed by atoms with E-state index in [1.54, 1.807) is 0 Å². The van der Waals surface area contributed by atoms with Crippen molar-refractivity contribution in [2.24, 2.45) is 5.41 Å². The van der Waals surface area contributed by atoms with Crippen LogP contribution >= 0.6 is 0 Å². The van der Waals surface area contributed by atoms with Crippen LogP contribution in [0.4, 0.5) is 9.59 Å². The van der Waals surface area contributed by atoms with Gasteiger partial charge in [-0.05, 0) is 24.7 Å². The van der Waals surface area contributed by atoms with Crippen molar-refractivity contribution >= 4 is 28.4 Å². The van der Waals surface area contributed by atoms with Crippen LogP contribution in [0.5, 0.6) is 0 Å². The van der Waals surface area contributed by atoms with Gasteiger partial charge in [0.1, 0.15) is 6.04 Å². The molecule has 3 fully saturated rings. The van der Waals surface area contributed by atoms with Crippen molar-refractivity contribution < 1.29 is 41.6 Å². The van der Waals surface area contributed by atoms with E-state index in [0.29, 0.717) is 18.0 Å². The van der Waals surface area contributed by atoms with Gasteiger partial charge in [-0.3, -0.25) is 19.1 Å². The number of hydroxylamine groups is 3. The van der Waals surface area contributed by atoms with Crippen LogP contribution in [0.3, 0.4) is 0 Å². The van der Waals surface area contributed by atoms with Crippen LogP contribution in [0.15, 0.2) is 0 Å². The first-order valence-electron chi connectivity index (χ1n) is 9.46. The van der Waals surface area contributed by atoms with E-state index < -0.39 is 51.5 Å². The molecule has 2 bridgehead atoms. The van der Waals surface area contributed by atoms with Gasteiger partial charge in [0.2, 0.25) is 0 Å². The van der Waals surface area contributed by atoms with Crippen molar-refractivity contribution in [2.45, 2.75) is 57.7 Å². The molecule has 0 spiro atoms. The van der Waals surface area contributed by atoms with Gasteiger partial charge in [0.25, 0.3) is 5.91 Å². The smallest absolute Gasteiger partial charge is 0.418 e. The first-order chi connectivity index (χ1) is 13.8. The molecule has 3 aliphatic heterocycles. The van der Waals surface area contributed by atoms with Crippen LogP contribution in [-0.4, -0.2) is 88.3 Å². The second-order valence-corrected chi connectivity index (χ2v) is 9.74. The number of nitrogens with one attached hydrogen (secondary N) is 1. The average molecular weight is 450 g/mol. The SMILES string of the molecule is CC(C)(C)[C@]1(CONC(=O)[C@@H]2CC[C@@H]3CN2C(=O)N3OS(=O)(=O)O)CCN1C(=O)O. The summed E-state index contributed by atoms with van der Waals surface area (Å²) in [6.07, 6.45) is 0.0408. The van der Waals surface area contributed by atoms with Crippen molar-refractivity contribution in [3.63, 3.8) is 0 Å². The Morgan fingerprint density at radius 2 is 1.97 bits per heavy atom. The van der Waals surface area contributed by atoms with Gasteiger partial charge in [0.15, 0.2) is 0 Å². The highest BCUT2D eigenvalue weighted by Crippen LogP contribution is 2.45. The number of carbonyl (C=O) groups is 3. The van der Waals surface area contributed by atoms with E-state index >= 15 is 0 Å². The van der Waals surface area contributed by atoms with Gasteiger partial charge in [-0.1, -0.05) is 20.8 Å². The Kier molecular flexibility index (Phi) is 5.64. The van der Waals surface area contributed by atoms with Crippen molar-refractivity contribution in [2.75, 3.05) is 19.7 Å². The summed E-state index contributed by atoms with van der Waals surface area (Å²) in [6.45, 7) is 6.05. The third kappa shape index (κ3) is 3.91. The number of likely N-dealkylation sites (tertiary alicyclic amines) is 1. The summed E-state index contributed by atoms with van der Waals surface area (Å²) in [7, 11) is -4.87. The lowest BCUT2D eigenvalue weighted by Gasteiger charge is -2.58. The Morgan fingerprint density at radius 3 is 2.47 bits per heavy atom. The molecule has 0 saturated carbocycles. The normalized spacial score (nSPS) is 29.1. The minimum atomic E-state index is -4.87. The molecule has 0 aromatic carbocycles. The van der Waals surface area contributed by atoms with Gasteiger partial charge in [0.05, 0.1) is 18.2 Å². The highest BCUT2D eigenvalue weighted by molar-refractivity contribution is 7.80. The first kappa shape index (κ1) is 22.5. The van der Waals surface area contributed by atoms with Gasteiger partial charge in [-0.2, -0.15) is 13.5 Å². The maximum Gasteiger partial charge on any atom is 0.418 e. The predicted octanol–water partition coefficient (Wildman–Crippen LogP) is 0.206. The quantitative estimate of drug-likeness (QED) is 0.378. The van der Waals surface area contributed by atoms with E-state index in [4.69, 9.17) is 9.39 Å². The zero-order chi connectivity index (χ0) is 22.5.